The molecule has 0 atom stereocenters. The fourth-order valence-electron chi connectivity index (χ4n) is 2.98. The van der Waals surface area contributed by atoms with Crippen molar-refractivity contribution in [3.63, 3.8) is 0 Å². The van der Waals surface area contributed by atoms with Crippen molar-refractivity contribution in [2.24, 2.45) is 0 Å². The molecule has 4 rings (SSSR count). The molecule has 0 aliphatic heterocycles. The molecule has 4 heteroatoms. The Morgan fingerprint density at radius 1 is 0.923 bits per heavy atom. The number of carbonyl (C=O) groups excluding carboxylic acids is 1. The molecule has 128 valence electrons. The minimum Gasteiger partial charge on any atom is -0.492 e. The third-order valence-corrected chi connectivity index (χ3v) is 4.27. The molecule has 1 aromatic heterocycles. The van der Waals surface area contributed by atoms with Crippen LogP contribution in [0.4, 0.5) is 0 Å². The first-order chi connectivity index (χ1) is 12.8. The average Bonchev–Trinajstić information content (AvgIpc) is 2.70. The summed E-state index contributed by atoms with van der Waals surface area (Å²) in [4.78, 5) is 16.7. The second kappa shape index (κ2) is 7.23. The third kappa shape index (κ3) is 3.35. The van der Waals surface area contributed by atoms with E-state index in [0.29, 0.717) is 18.7 Å². The van der Waals surface area contributed by atoms with Crippen LogP contribution in [0.3, 0.4) is 0 Å². The second-order valence-corrected chi connectivity index (χ2v) is 5.99. The Bertz CT molecular complexity index is 1070. The molecule has 1 amide bonds. The van der Waals surface area contributed by atoms with Gasteiger partial charge in [-0.25, -0.2) is 0 Å². The summed E-state index contributed by atoms with van der Waals surface area (Å²) in [5.74, 6) is 0.679. The smallest absolute Gasteiger partial charge is 0.252 e. The molecule has 0 unspecified atom stereocenters. The van der Waals surface area contributed by atoms with Crippen LogP contribution < -0.4 is 10.1 Å². The van der Waals surface area contributed by atoms with Crippen LogP contribution in [0.1, 0.15) is 10.4 Å². The van der Waals surface area contributed by atoms with Gasteiger partial charge in [-0.3, -0.25) is 9.78 Å². The maximum Gasteiger partial charge on any atom is 0.252 e. The van der Waals surface area contributed by atoms with Gasteiger partial charge in [-0.2, -0.15) is 0 Å². The fourth-order valence-corrected chi connectivity index (χ4v) is 2.98. The van der Waals surface area contributed by atoms with Crippen LogP contribution in [0.25, 0.3) is 21.7 Å². The van der Waals surface area contributed by atoms with Crippen LogP contribution in [0.2, 0.25) is 0 Å². The number of nitrogens with zero attached hydrogens (tertiary/aromatic N) is 1. The maximum absolute atomic E-state index is 12.5. The Morgan fingerprint density at radius 2 is 1.73 bits per heavy atom. The minimum absolute atomic E-state index is 0.120. The first kappa shape index (κ1) is 16.1. The minimum atomic E-state index is -0.120. The van der Waals surface area contributed by atoms with Gasteiger partial charge in [0.1, 0.15) is 12.4 Å². The van der Waals surface area contributed by atoms with E-state index in [4.69, 9.17) is 4.74 Å². The van der Waals surface area contributed by atoms with Gasteiger partial charge in [0.15, 0.2) is 0 Å². The zero-order valence-corrected chi connectivity index (χ0v) is 14.2. The molecule has 4 aromatic rings. The van der Waals surface area contributed by atoms with Crippen molar-refractivity contribution in [2.45, 2.75) is 0 Å². The highest BCUT2D eigenvalue weighted by Gasteiger charge is 2.09. The SMILES string of the molecule is O=C(NCCOc1ccc2ccccc2c1)c1ccnc2ccccc12. The van der Waals surface area contributed by atoms with Gasteiger partial charge in [0, 0.05) is 11.6 Å². The van der Waals surface area contributed by atoms with Gasteiger partial charge >= 0.3 is 0 Å². The first-order valence-corrected chi connectivity index (χ1v) is 8.55. The molecule has 1 heterocycles. The number of rotatable bonds is 5. The lowest BCUT2D eigenvalue weighted by Gasteiger charge is -2.10. The highest BCUT2D eigenvalue weighted by molar-refractivity contribution is 6.05. The van der Waals surface area contributed by atoms with Crippen LogP contribution in [0.5, 0.6) is 5.75 Å². The summed E-state index contributed by atoms with van der Waals surface area (Å²) < 4.78 is 5.76. The Kier molecular flexibility index (Phi) is 4.48. The average molecular weight is 342 g/mol. The van der Waals surface area contributed by atoms with E-state index >= 15 is 0 Å². The molecule has 0 saturated carbocycles. The lowest BCUT2D eigenvalue weighted by molar-refractivity contribution is 0.0948. The quantitative estimate of drug-likeness (QED) is 0.553. The second-order valence-electron chi connectivity index (χ2n) is 5.99. The van der Waals surface area contributed by atoms with E-state index in [9.17, 15) is 4.79 Å². The molecule has 0 bridgehead atoms. The van der Waals surface area contributed by atoms with Gasteiger partial charge in [-0.15, -0.1) is 0 Å². The molecule has 26 heavy (non-hydrogen) atoms. The Labute approximate surface area is 151 Å². The zero-order chi connectivity index (χ0) is 17.8. The van der Waals surface area contributed by atoms with Gasteiger partial charge in [0.2, 0.25) is 0 Å². The first-order valence-electron chi connectivity index (χ1n) is 8.55. The fraction of sp³-hybridized carbons (Fsp3) is 0.0909. The van der Waals surface area contributed by atoms with Crippen molar-refractivity contribution >= 4 is 27.6 Å². The Morgan fingerprint density at radius 3 is 2.65 bits per heavy atom. The Balaban J connectivity index is 1.37. The Hall–Kier alpha value is -3.40. The van der Waals surface area contributed by atoms with Crippen LogP contribution in [-0.4, -0.2) is 24.0 Å². The number of ether oxygens (including phenoxy) is 1. The summed E-state index contributed by atoms with van der Waals surface area (Å²) in [7, 11) is 0. The predicted octanol–water partition coefficient (Wildman–Crippen LogP) is 4.20. The van der Waals surface area contributed by atoms with E-state index in [1.165, 1.54) is 5.39 Å². The van der Waals surface area contributed by atoms with E-state index in [1.54, 1.807) is 12.3 Å². The molecule has 4 nitrogen and oxygen atoms in total. The summed E-state index contributed by atoms with van der Waals surface area (Å²) in [6.45, 7) is 0.843. The van der Waals surface area contributed by atoms with Crippen molar-refractivity contribution in [3.8, 4) is 5.75 Å². The summed E-state index contributed by atoms with van der Waals surface area (Å²) in [6.07, 6.45) is 1.66. The van der Waals surface area contributed by atoms with Crippen LogP contribution >= 0.6 is 0 Å². The molecule has 0 aliphatic carbocycles. The van der Waals surface area contributed by atoms with E-state index < -0.39 is 0 Å². The molecular weight excluding hydrogens is 324 g/mol. The largest absolute Gasteiger partial charge is 0.492 e. The summed E-state index contributed by atoms with van der Waals surface area (Å²) >= 11 is 0. The highest BCUT2D eigenvalue weighted by atomic mass is 16.5. The number of pyridine rings is 1. The number of hydrogen-bond acceptors (Lipinski definition) is 3. The van der Waals surface area contributed by atoms with Crippen molar-refractivity contribution in [1.29, 1.82) is 0 Å². The topological polar surface area (TPSA) is 51.2 Å². The number of para-hydroxylation sites is 1. The van der Waals surface area contributed by atoms with Crippen molar-refractivity contribution in [2.75, 3.05) is 13.2 Å². The summed E-state index contributed by atoms with van der Waals surface area (Å²) in [6, 6.07) is 23.5. The molecule has 0 aliphatic rings. The third-order valence-electron chi connectivity index (χ3n) is 4.27. The molecule has 0 radical (unpaired) electrons. The molecule has 3 aromatic carbocycles. The van der Waals surface area contributed by atoms with Gasteiger partial charge in [0.25, 0.3) is 5.91 Å². The van der Waals surface area contributed by atoms with E-state index in [0.717, 1.165) is 22.0 Å². The molecule has 0 saturated heterocycles. The van der Waals surface area contributed by atoms with Crippen molar-refractivity contribution in [1.82, 2.24) is 10.3 Å². The normalized spacial score (nSPS) is 10.8. The zero-order valence-electron chi connectivity index (χ0n) is 14.2. The number of fused-ring (bicyclic) bond motifs is 2. The van der Waals surface area contributed by atoms with Crippen molar-refractivity contribution < 1.29 is 9.53 Å². The number of carbonyl (C=O) groups is 1. The molecular formula is C22H18N2O2. The van der Waals surface area contributed by atoms with Crippen LogP contribution in [0.15, 0.2) is 79.0 Å². The standard InChI is InChI=1S/C22H18N2O2/c25-22(20-11-12-23-21-8-4-3-7-19(20)21)24-13-14-26-18-10-9-16-5-1-2-6-17(16)15-18/h1-12,15H,13-14H2,(H,24,25). The molecule has 0 spiro atoms. The maximum atomic E-state index is 12.5. The monoisotopic (exact) mass is 342 g/mol. The number of hydrogen-bond donors (Lipinski definition) is 1. The number of benzene rings is 3. The van der Waals surface area contributed by atoms with Gasteiger partial charge in [-0.05, 0) is 35.0 Å². The number of aromatic nitrogens is 1. The number of amides is 1. The van der Waals surface area contributed by atoms with Gasteiger partial charge in [-0.1, -0.05) is 48.5 Å². The molecule has 1 N–H and O–H groups in total. The van der Waals surface area contributed by atoms with E-state index in [1.807, 2.05) is 54.6 Å². The van der Waals surface area contributed by atoms with Crippen LogP contribution in [0, 0.1) is 0 Å². The highest BCUT2D eigenvalue weighted by Crippen LogP contribution is 2.20. The number of nitrogens with one attached hydrogen (secondary N) is 1. The lowest BCUT2D eigenvalue weighted by atomic mass is 10.1. The van der Waals surface area contributed by atoms with Gasteiger partial charge in [0.05, 0.1) is 17.6 Å². The van der Waals surface area contributed by atoms with Crippen molar-refractivity contribution in [3.05, 3.63) is 84.6 Å². The lowest BCUT2D eigenvalue weighted by Crippen LogP contribution is -2.28. The van der Waals surface area contributed by atoms with E-state index in [2.05, 4.69) is 22.4 Å². The molecule has 0 fully saturated rings. The predicted molar refractivity (Wildman–Crippen MR) is 104 cm³/mol. The van der Waals surface area contributed by atoms with Crippen LogP contribution in [-0.2, 0) is 0 Å². The summed E-state index contributed by atoms with van der Waals surface area (Å²) in [5, 5.41) is 6.07. The summed E-state index contributed by atoms with van der Waals surface area (Å²) in [5.41, 5.74) is 1.44. The van der Waals surface area contributed by atoms with E-state index in [-0.39, 0.29) is 5.91 Å². The van der Waals surface area contributed by atoms with Gasteiger partial charge < -0.3 is 10.1 Å².